The molecule has 0 aromatic heterocycles. The first-order valence-electron chi connectivity index (χ1n) is 18.5. The van der Waals surface area contributed by atoms with E-state index in [2.05, 4.69) is 31.9 Å². The zero-order valence-corrected chi connectivity index (χ0v) is 30.0. The van der Waals surface area contributed by atoms with E-state index in [9.17, 15) is 14.4 Å². The lowest BCUT2D eigenvalue weighted by Gasteiger charge is -2.36. The van der Waals surface area contributed by atoms with E-state index in [0.717, 1.165) is 41.2 Å². The van der Waals surface area contributed by atoms with E-state index in [1.54, 1.807) is 20.8 Å². The third-order valence-electron chi connectivity index (χ3n) is 11.2. The highest BCUT2D eigenvalue weighted by Gasteiger charge is 2.30. The van der Waals surface area contributed by atoms with Gasteiger partial charge >= 0.3 is 17.9 Å². The van der Waals surface area contributed by atoms with E-state index in [0.29, 0.717) is 35.2 Å². The molecular formula is C42H60O6. The van der Waals surface area contributed by atoms with Crippen molar-refractivity contribution in [3.8, 4) is 0 Å². The summed E-state index contributed by atoms with van der Waals surface area (Å²) >= 11 is 0. The van der Waals surface area contributed by atoms with Gasteiger partial charge in [-0.05, 0) is 118 Å². The van der Waals surface area contributed by atoms with Crippen LogP contribution in [0.3, 0.4) is 0 Å². The van der Waals surface area contributed by atoms with Gasteiger partial charge in [-0.1, -0.05) is 89.3 Å². The molecular weight excluding hydrogens is 600 g/mol. The van der Waals surface area contributed by atoms with Crippen LogP contribution in [-0.2, 0) is 48.2 Å². The van der Waals surface area contributed by atoms with Crippen molar-refractivity contribution in [2.75, 3.05) is 6.61 Å². The molecule has 0 aliphatic heterocycles. The molecule has 264 valence electrons. The van der Waals surface area contributed by atoms with Crippen molar-refractivity contribution in [1.82, 2.24) is 0 Å². The van der Waals surface area contributed by atoms with E-state index in [-0.39, 0.29) is 19.2 Å². The molecule has 1 aromatic carbocycles. The van der Waals surface area contributed by atoms with Gasteiger partial charge in [-0.2, -0.15) is 0 Å². The molecule has 0 saturated heterocycles. The van der Waals surface area contributed by atoms with Crippen LogP contribution in [0, 0.1) is 35.5 Å². The van der Waals surface area contributed by atoms with Gasteiger partial charge in [0.05, 0.1) is 6.61 Å². The van der Waals surface area contributed by atoms with Gasteiger partial charge in [-0.25, -0.2) is 14.4 Å². The van der Waals surface area contributed by atoms with Crippen LogP contribution in [0.1, 0.15) is 127 Å². The van der Waals surface area contributed by atoms with Gasteiger partial charge in [-0.15, -0.1) is 0 Å². The lowest BCUT2D eigenvalue weighted by Crippen LogP contribution is -2.24. The average molecular weight is 661 g/mol. The summed E-state index contributed by atoms with van der Waals surface area (Å²) in [5.41, 5.74) is 4.17. The minimum absolute atomic E-state index is 0.121. The standard InChI is InChI=1S/C42H60O6/c1-28(2)40(43)46-25-36-17-15-34(16-18-36)22-32-9-7-31(8-10-32)21-33-11-13-35(14-12-33)23-37-19-20-38(26-47-41(44)29(3)4)39(24-37)27-48-42(45)30(5)6/h19-20,24,31-36H,1,3,5,7-18,21-23,25-27H2,2,4,6H3. The number of benzene rings is 1. The molecule has 1 aromatic rings. The third kappa shape index (κ3) is 12.1. The Kier molecular flexibility index (Phi) is 14.6. The monoisotopic (exact) mass is 660 g/mol. The summed E-state index contributed by atoms with van der Waals surface area (Å²) in [6.45, 7) is 16.8. The van der Waals surface area contributed by atoms with Crippen LogP contribution in [-0.4, -0.2) is 24.5 Å². The van der Waals surface area contributed by atoms with Crippen molar-refractivity contribution >= 4 is 17.9 Å². The Hall–Kier alpha value is -3.15. The van der Waals surface area contributed by atoms with Crippen molar-refractivity contribution in [3.05, 3.63) is 71.3 Å². The normalized spacial score (nSPS) is 25.8. The van der Waals surface area contributed by atoms with E-state index >= 15 is 0 Å². The van der Waals surface area contributed by atoms with Crippen LogP contribution in [0.2, 0.25) is 0 Å². The molecule has 48 heavy (non-hydrogen) atoms. The molecule has 4 rings (SSSR count). The molecule has 0 amide bonds. The molecule has 0 bridgehead atoms. The lowest BCUT2D eigenvalue weighted by atomic mass is 9.70. The van der Waals surface area contributed by atoms with Crippen LogP contribution >= 0.6 is 0 Å². The lowest BCUT2D eigenvalue weighted by molar-refractivity contribution is -0.141. The number of ether oxygens (including phenoxy) is 3. The fourth-order valence-electron chi connectivity index (χ4n) is 8.22. The second-order valence-corrected chi connectivity index (χ2v) is 15.5. The predicted molar refractivity (Wildman–Crippen MR) is 191 cm³/mol. The number of hydrogen-bond acceptors (Lipinski definition) is 6. The molecule has 0 unspecified atom stereocenters. The summed E-state index contributed by atoms with van der Waals surface area (Å²) in [5.74, 6) is 3.62. The van der Waals surface area contributed by atoms with E-state index in [1.807, 2.05) is 6.07 Å². The van der Waals surface area contributed by atoms with Crippen molar-refractivity contribution < 1.29 is 28.6 Å². The van der Waals surface area contributed by atoms with Crippen molar-refractivity contribution in [2.45, 2.75) is 130 Å². The second kappa shape index (κ2) is 18.6. The molecule has 3 aliphatic rings. The summed E-state index contributed by atoms with van der Waals surface area (Å²) in [6, 6.07) is 6.25. The van der Waals surface area contributed by atoms with E-state index in [4.69, 9.17) is 14.2 Å². The minimum Gasteiger partial charge on any atom is -0.462 e. The predicted octanol–water partition coefficient (Wildman–Crippen LogP) is 9.79. The molecule has 0 spiro atoms. The summed E-state index contributed by atoms with van der Waals surface area (Å²) in [6.07, 6.45) is 19.6. The zero-order valence-electron chi connectivity index (χ0n) is 30.0. The van der Waals surface area contributed by atoms with Gasteiger partial charge in [0.15, 0.2) is 0 Å². The largest absolute Gasteiger partial charge is 0.462 e. The summed E-state index contributed by atoms with van der Waals surface area (Å²) in [7, 11) is 0. The Bertz CT molecular complexity index is 1280. The number of carbonyl (C=O) groups excluding carboxylic acids is 3. The Morgan fingerprint density at radius 1 is 0.542 bits per heavy atom. The van der Waals surface area contributed by atoms with Crippen LogP contribution < -0.4 is 0 Å². The molecule has 6 nitrogen and oxygen atoms in total. The van der Waals surface area contributed by atoms with Gasteiger partial charge in [0, 0.05) is 16.7 Å². The summed E-state index contributed by atoms with van der Waals surface area (Å²) in [5, 5.41) is 0. The Labute approximate surface area is 289 Å². The molecule has 0 atom stereocenters. The van der Waals surface area contributed by atoms with E-state index in [1.165, 1.54) is 95.5 Å². The smallest absolute Gasteiger partial charge is 0.333 e. The second-order valence-electron chi connectivity index (χ2n) is 15.5. The van der Waals surface area contributed by atoms with Gasteiger partial charge in [0.1, 0.15) is 13.2 Å². The van der Waals surface area contributed by atoms with Gasteiger partial charge in [0.25, 0.3) is 0 Å². The molecule has 3 fully saturated rings. The fraction of sp³-hybridized carbons (Fsp3) is 0.643. The van der Waals surface area contributed by atoms with Crippen LogP contribution in [0.25, 0.3) is 0 Å². The molecule has 3 aliphatic carbocycles. The molecule has 0 N–H and O–H groups in total. The van der Waals surface area contributed by atoms with Gasteiger partial charge < -0.3 is 14.2 Å². The zero-order chi connectivity index (χ0) is 34.6. The maximum absolute atomic E-state index is 12.1. The van der Waals surface area contributed by atoms with E-state index < -0.39 is 11.9 Å². The number of rotatable bonds is 15. The first-order chi connectivity index (χ1) is 23.0. The SMILES string of the molecule is C=C(C)C(=O)OCc1ccc(CC2CCC(CC3CCC(CC4CCC(COC(=O)C(=C)C)CC4)CC3)CC2)cc1COC(=O)C(=C)C. The van der Waals surface area contributed by atoms with Crippen molar-refractivity contribution in [3.63, 3.8) is 0 Å². The molecule has 3 saturated carbocycles. The van der Waals surface area contributed by atoms with Crippen molar-refractivity contribution in [1.29, 1.82) is 0 Å². The van der Waals surface area contributed by atoms with Crippen LogP contribution in [0.15, 0.2) is 54.7 Å². The quantitative estimate of drug-likeness (QED) is 0.106. The first-order valence-corrected chi connectivity index (χ1v) is 18.5. The summed E-state index contributed by atoms with van der Waals surface area (Å²) in [4.78, 5) is 35.8. The Morgan fingerprint density at radius 3 is 1.35 bits per heavy atom. The highest BCUT2D eigenvalue weighted by atomic mass is 16.5. The topological polar surface area (TPSA) is 78.9 Å². The van der Waals surface area contributed by atoms with Crippen molar-refractivity contribution in [2.24, 2.45) is 35.5 Å². The average Bonchev–Trinajstić information content (AvgIpc) is 3.07. The number of hydrogen-bond donors (Lipinski definition) is 0. The van der Waals surface area contributed by atoms with Gasteiger partial charge in [-0.3, -0.25) is 0 Å². The molecule has 0 heterocycles. The van der Waals surface area contributed by atoms with Crippen LogP contribution in [0.4, 0.5) is 0 Å². The van der Waals surface area contributed by atoms with Gasteiger partial charge in [0.2, 0.25) is 0 Å². The highest BCUT2D eigenvalue weighted by Crippen LogP contribution is 2.42. The highest BCUT2D eigenvalue weighted by molar-refractivity contribution is 5.87. The maximum atomic E-state index is 12.1. The fourth-order valence-corrected chi connectivity index (χ4v) is 8.22. The molecule has 0 radical (unpaired) electrons. The first kappa shape index (κ1) is 37.7. The minimum atomic E-state index is -0.426. The number of carbonyl (C=O) groups is 3. The Morgan fingerprint density at radius 2 is 0.917 bits per heavy atom. The third-order valence-corrected chi connectivity index (χ3v) is 11.2. The maximum Gasteiger partial charge on any atom is 0.333 e. The number of esters is 3. The molecule has 6 heteroatoms. The van der Waals surface area contributed by atoms with Crippen LogP contribution in [0.5, 0.6) is 0 Å². The Balaban J connectivity index is 1.16. The summed E-state index contributed by atoms with van der Waals surface area (Å²) < 4.78 is 16.3.